The highest BCUT2D eigenvalue weighted by Gasteiger charge is 2.35. The minimum absolute atomic E-state index is 0.130. The van der Waals surface area contributed by atoms with Gasteiger partial charge in [0.05, 0.1) is 5.92 Å². The molecule has 6 nitrogen and oxygen atoms in total. The summed E-state index contributed by atoms with van der Waals surface area (Å²) in [4.78, 5) is 26.4. The van der Waals surface area contributed by atoms with Gasteiger partial charge in [0.1, 0.15) is 0 Å². The van der Waals surface area contributed by atoms with Gasteiger partial charge in [-0.3, -0.25) is 4.79 Å². The number of nitrogens with one attached hydrogen (secondary N) is 1. The van der Waals surface area contributed by atoms with E-state index in [-0.39, 0.29) is 11.9 Å². The maximum Gasteiger partial charge on any atom is 0.317 e. The number of carboxylic acids is 1. The van der Waals surface area contributed by atoms with Crippen LogP contribution in [0.2, 0.25) is 0 Å². The van der Waals surface area contributed by atoms with Crippen LogP contribution < -0.4 is 5.32 Å². The van der Waals surface area contributed by atoms with Crippen LogP contribution in [0, 0.1) is 5.92 Å². The van der Waals surface area contributed by atoms with Crippen LogP contribution in [0.5, 0.6) is 0 Å². The number of rotatable bonds is 5. The number of piperidine rings is 1. The highest BCUT2D eigenvalue weighted by atomic mass is 16.4. The summed E-state index contributed by atoms with van der Waals surface area (Å²) in [6, 6.07) is 0.528. The van der Waals surface area contributed by atoms with Crippen molar-refractivity contribution < 1.29 is 14.7 Å². The molecule has 6 heteroatoms. The van der Waals surface area contributed by atoms with Gasteiger partial charge in [-0.2, -0.15) is 0 Å². The Morgan fingerprint density at radius 2 is 2.05 bits per heavy atom. The van der Waals surface area contributed by atoms with E-state index in [1.807, 2.05) is 0 Å². The van der Waals surface area contributed by atoms with Crippen molar-refractivity contribution in [2.75, 3.05) is 32.7 Å². The zero-order valence-electron chi connectivity index (χ0n) is 12.2. The Morgan fingerprint density at radius 3 is 2.70 bits per heavy atom. The number of likely N-dealkylation sites (tertiary alicyclic amines) is 2. The van der Waals surface area contributed by atoms with Crippen LogP contribution in [-0.4, -0.2) is 65.7 Å². The van der Waals surface area contributed by atoms with Gasteiger partial charge in [0.15, 0.2) is 0 Å². The van der Waals surface area contributed by atoms with E-state index in [9.17, 15) is 9.59 Å². The number of amides is 2. The number of aliphatic carboxylic acids is 1. The summed E-state index contributed by atoms with van der Waals surface area (Å²) in [5, 5.41) is 11.6. The fourth-order valence-electron chi connectivity index (χ4n) is 2.88. The predicted octanol–water partition coefficient (Wildman–Crippen LogP) is 0.977. The van der Waals surface area contributed by atoms with Crippen molar-refractivity contribution in [2.24, 2.45) is 5.92 Å². The van der Waals surface area contributed by atoms with E-state index in [4.69, 9.17) is 5.11 Å². The fourth-order valence-corrected chi connectivity index (χ4v) is 2.88. The molecule has 1 atom stereocenters. The smallest absolute Gasteiger partial charge is 0.317 e. The molecule has 0 spiro atoms. The first kappa shape index (κ1) is 15.1. The average molecular weight is 283 g/mol. The third kappa shape index (κ3) is 3.85. The lowest BCUT2D eigenvalue weighted by Gasteiger charge is -2.36. The standard InChI is InChI=1S/C14H25N3O3/c1-11-5-2-3-7-16(11)8-4-6-15-14(20)17-9-12(10-17)13(18)19/h11-12H,2-10H2,1H3,(H,15,20)(H,18,19). The van der Waals surface area contributed by atoms with E-state index < -0.39 is 5.97 Å². The first-order valence-corrected chi connectivity index (χ1v) is 7.57. The Hall–Kier alpha value is -1.30. The van der Waals surface area contributed by atoms with E-state index >= 15 is 0 Å². The Morgan fingerprint density at radius 1 is 1.30 bits per heavy atom. The van der Waals surface area contributed by atoms with Crippen molar-refractivity contribution in [3.8, 4) is 0 Å². The molecular formula is C14H25N3O3. The van der Waals surface area contributed by atoms with Gasteiger partial charge in [-0.1, -0.05) is 6.42 Å². The van der Waals surface area contributed by atoms with Crippen LogP contribution in [0.25, 0.3) is 0 Å². The number of urea groups is 1. The Labute approximate surface area is 120 Å². The van der Waals surface area contributed by atoms with Gasteiger partial charge in [0.25, 0.3) is 0 Å². The molecule has 2 saturated heterocycles. The molecule has 2 aliphatic heterocycles. The maximum absolute atomic E-state index is 11.7. The lowest BCUT2D eigenvalue weighted by atomic mass is 10.0. The molecular weight excluding hydrogens is 258 g/mol. The summed E-state index contributed by atoms with van der Waals surface area (Å²) in [6.07, 6.45) is 4.83. The number of hydrogen-bond donors (Lipinski definition) is 2. The van der Waals surface area contributed by atoms with Crippen molar-refractivity contribution in [1.29, 1.82) is 0 Å². The normalized spacial score (nSPS) is 24.2. The molecule has 2 N–H and O–H groups in total. The zero-order chi connectivity index (χ0) is 14.5. The zero-order valence-corrected chi connectivity index (χ0v) is 12.2. The molecule has 2 amide bonds. The molecule has 2 fully saturated rings. The lowest BCUT2D eigenvalue weighted by Crippen LogP contribution is -2.56. The largest absolute Gasteiger partial charge is 0.481 e. The summed E-state index contributed by atoms with van der Waals surface area (Å²) in [5.41, 5.74) is 0. The monoisotopic (exact) mass is 283 g/mol. The Bertz CT molecular complexity index is 356. The van der Waals surface area contributed by atoms with Gasteiger partial charge >= 0.3 is 12.0 Å². The number of carboxylic acid groups (broad SMARTS) is 1. The minimum Gasteiger partial charge on any atom is -0.481 e. The molecule has 2 aliphatic rings. The quantitative estimate of drug-likeness (QED) is 0.738. The first-order valence-electron chi connectivity index (χ1n) is 7.57. The van der Waals surface area contributed by atoms with Crippen LogP contribution in [-0.2, 0) is 4.79 Å². The van der Waals surface area contributed by atoms with Crippen molar-refractivity contribution >= 4 is 12.0 Å². The molecule has 1 unspecified atom stereocenters. The molecule has 20 heavy (non-hydrogen) atoms. The second-order valence-electron chi connectivity index (χ2n) is 5.91. The molecule has 0 aromatic carbocycles. The topological polar surface area (TPSA) is 72.9 Å². The molecule has 0 aliphatic carbocycles. The van der Waals surface area contributed by atoms with Gasteiger partial charge in [-0.15, -0.1) is 0 Å². The van der Waals surface area contributed by atoms with E-state index in [0.29, 0.717) is 25.7 Å². The molecule has 0 radical (unpaired) electrons. The highest BCUT2D eigenvalue weighted by Crippen LogP contribution is 2.16. The second kappa shape index (κ2) is 6.92. The highest BCUT2D eigenvalue weighted by molar-refractivity contribution is 5.79. The van der Waals surface area contributed by atoms with E-state index in [1.165, 1.54) is 25.8 Å². The van der Waals surface area contributed by atoms with Crippen LogP contribution in [0.3, 0.4) is 0 Å². The second-order valence-corrected chi connectivity index (χ2v) is 5.91. The predicted molar refractivity (Wildman–Crippen MR) is 75.6 cm³/mol. The van der Waals surface area contributed by atoms with Crippen LogP contribution in [0.4, 0.5) is 4.79 Å². The summed E-state index contributed by atoms with van der Waals surface area (Å²) < 4.78 is 0. The lowest BCUT2D eigenvalue weighted by molar-refractivity contribution is -0.146. The van der Waals surface area contributed by atoms with E-state index in [2.05, 4.69) is 17.1 Å². The third-order valence-corrected chi connectivity index (χ3v) is 4.36. The maximum atomic E-state index is 11.7. The van der Waals surface area contributed by atoms with Crippen molar-refractivity contribution in [3.63, 3.8) is 0 Å². The number of hydrogen-bond acceptors (Lipinski definition) is 3. The van der Waals surface area contributed by atoms with Gasteiger partial charge in [0, 0.05) is 32.2 Å². The number of carbonyl (C=O) groups excluding carboxylic acids is 1. The number of nitrogens with zero attached hydrogens (tertiary/aromatic N) is 2. The summed E-state index contributed by atoms with van der Waals surface area (Å²) in [6.45, 7) is 5.80. The van der Waals surface area contributed by atoms with Crippen molar-refractivity contribution in [3.05, 3.63) is 0 Å². The van der Waals surface area contributed by atoms with Gasteiger partial charge in [0.2, 0.25) is 0 Å². The van der Waals surface area contributed by atoms with Gasteiger partial charge < -0.3 is 20.2 Å². The summed E-state index contributed by atoms with van der Waals surface area (Å²) >= 11 is 0. The van der Waals surface area contributed by atoms with Gasteiger partial charge in [-0.05, 0) is 32.7 Å². The van der Waals surface area contributed by atoms with Crippen LogP contribution in [0.1, 0.15) is 32.6 Å². The molecule has 0 aromatic heterocycles. The fraction of sp³-hybridized carbons (Fsp3) is 0.857. The molecule has 114 valence electrons. The number of carbonyl (C=O) groups is 2. The van der Waals surface area contributed by atoms with Crippen molar-refractivity contribution in [2.45, 2.75) is 38.6 Å². The molecule has 0 saturated carbocycles. The SMILES string of the molecule is CC1CCCCN1CCCNC(=O)N1CC(C(=O)O)C1. The molecule has 2 rings (SSSR count). The summed E-state index contributed by atoms with van der Waals surface area (Å²) in [5.74, 6) is -1.19. The third-order valence-electron chi connectivity index (χ3n) is 4.36. The Balaban J connectivity index is 1.55. The van der Waals surface area contributed by atoms with E-state index in [0.717, 1.165) is 13.0 Å². The van der Waals surface area contributed by atoms with Gasteiger partial charge in [-0.25, -0.2) is 4.79 Å². The Kier molecular flexibility index (Phi) is 5.23. The molecule has 2 heterocycles. The first-order chi connectivity index (χ1) is 9.58. The van der Waals surface area contributed by atoms with Crippen molar-refractivity contribution in [1.82, 2.24) is 15.1 Å². The van der Waals surface area contributed by atoms with E-state index in [1.54, 1.807) is 4.90 Å². The van der Waals surface area contributed by atoms with Crippen LogP contribution in [0.15, 0.2) is 0 Å². The average Bonchev–Trinajstić information content (AvgIpc) is 2.34. The summed E-state index contributed by atoms with van der Waals surface area (Å²) in [7, 11) is 0. The molecule has 0 bridgehead atoms. The van der Waals surface area contributed by atoms with Crippen LogP contribution >= 0.6 is 0 Å². The molecule has 0 aromatic rings. The minimum atomic E-state index is -0.812.